The van der Waals surface area contributed by atoms with E-state index >= 15 is 0 Å². The molecule has 1 aliphatic carbocycles. The van der Waals surface area contributed by atoms with Crippen molar-refractivity contribution in [1.82, 2.24) is 20.1 Å². The highest BCUT2D eigenvalue weighted by Gasteiger charge is 2.25. The van der Waals surface area contributed by atoms with Gasteiger partial charge in [-0.3, -0.25) is 9.36 Å². The van der Waals surface area contributed by atoms with Crippen LogP contribution in [0.5, 0.6) is 0 Å². The Kier molecular flexibility index (Phi) is 6.94. The number of aromatic nitrogens is 3. The van der Waals surface area contributed by atoms with E-state index in [9.17, 15) is 4.79 Å². The number of nitrogens with zero attached hydrogens (tertiary/aromatic N) is 3. The van der Waals surface area contributed by atoms with E-state index in [0.717, 1.165) is 40.6 Å². The molecule has 0 aliphatic heterocycles. The van der Waals surface area contributed by atoms with Crippen LogP contribution in [0, 0.1) is 6.92 Å². The van der Waals surface area contributed by atoms with E-state index in [4.69, 9.17) is 0 Å². The Hall–Kier alpha value is -2.60. The molecule has 4 rings (SSSR count). The molecule has 1 amide bonds. The Balaban J connectivity index is 1.67. The van der Waals surface area contributed by atoms with E-state index < -0.39 is 0 Å². The van der Waals surface area contributed by atoms with Crippen molar-refractivity contribution in [1.29, 1.82) is 0 Å². The molecule has 1 fully saturated rings. The Morgan fingerprint density at radius 3 is 2.36 bits per heavy atom. The van der Waals surface area contributed by atoms with Crippen LogP contribution in [0.1, 0.15) is 64.5 Å². The molecule has 2 aromatic carbocycles. The second-order valence-corrected chi connectivity index (χ2v) is 11.3. The van der Waals surface area contributed by atoms with E-state index in [1.165, 1.54) is 30.2 Å². The van der Waals surface area contributed by atoms with Crippen molar-refractivity contribution in [3.8, 4) is 17.1 Å². The standard InChI is InChI=1S/C27H34N4OS/c1-18-10-6-9-13-23(18)31-24(20-14-16-21(17-15-20)27(3,4)5)29-30-26(31)33-19(2)25(32)28-22-11-7-8-12-22/h6,9-10,13-17,19,22H,7-8,11-12H2,1-5H3,(H,28,32). The van der Waals surface area contributed by atoms with Gasteiger partial charge in [-0.25, -0.2) is 0 Å². The predicted octanol–water partition coefficient (Wildman–Crippen LogP) is 6.08. The molecule has 1 N–H and O–H groups in total. The van der Waals surface area contributed by atoms with Crippen LogP contribution in [0.3, 0.4) is 0 Å². The molecule has 0 spiro atoms. The van der Waals surface area contributed by atoms with Crippen molar-refractivity contribution in [3.05, 3.63) is 59.7 Å². The van der Waals surface area contributed by atoms with Crippen LogP contribution < -0.4 is 5.32 Å². The first-order valence-corrected chi connectivity index (χ1v) is 12.7. The third-order valence-corrected chi connectivity index (χ3v) is 7.39. The first-order valence-electron chi connectivity index (χ1n) is 11.8. The summed E-state index contributed by atoms with van der Waals surface area (Å²) in [6.45, 7) is 10.7. The quantitative estimate of drug-likeness (QED) is 0.451. The third kappa shape index (κ3) is 5.32. The van der Waals surface area contributed by atoms with Crippen molar-refractivity contribution in [3.63, 3.8) is 0 Å². The van der Waals surface area contributed by atoms with E-state index in [2.05, 4.69) is 84.2 Å². The van der Waals surface area contributed by atoms with Gasteiger partial charge < -0.3 is 5.32 Å². The van der Waals surface area contributed by atoms with E-state index in [0.29, 0.717) is 6.04 Å². The lowest BCUT2D eigenvalue weighted by molar-refractivity contribution is -0.120. The minimum Gasteiger partial charge on any atom is -0.352 e. The maximum atomic E-state index is 12.8. The average molecular weight is 463 g/mol. The first kappa shape index (κ1) is 23.6. The smallest absolute Gasteiger partial charge is 0.233 e. The number of carbonyl (C=O) groups excluding carboxylic acids is 1. The van der Waals surface area contributed by atoms with Crippen LogP contribution in [0.15, 0.2) is 53.7 Å². The van der Waals surface area contributed by atoms with E-state index in [1.54, 1.807) is 0 Å². The summed E-state index contributed by atoms with van der Waals surface area (Å²) in [5, 5.41) is 12.8. The zero-order chi connectivity index (χ0) is 23.6. The van der Waals surface area contributed by atoms with Gasteiger partial charge in [0.1, 0.15) is 0 Å². The van der Waals surface area contributed by atoms with Gasteiger partial charge >= 0.3 is 0 Å². The largest absolute Gasteiger partial charge is 0.352 e. The summed E-state index contributed by atoms with van der Waals surface area (Å²) in [6.07, 6.45) is 4.56. The molecule has 174 valence electrons. The van der Waals surface area contributed by atoms with Crippen molar-refractivity contribution in [2.24, 2.45) is 0 Å². The zero-order valence-electron chi connectivity index (χ0n) is 20.3. The maximum absolute atomic E-state index is 12.8. The Morgan fingerprint density at radius 2 is 1.73 bits per heavy atom. The van der Waals surface area contributed by atoms with Gasteiger partial charge in [0, 0.05) is 11.6 Å². The highest BCUT2D eigenvalue weighted by Crippen LogP contribution is 2.33. The molecule has 1 heterocycles. The van der Waals surface area contributed by atoms with Gasteiger partial charge in [0.15, 0.2) is 11.0 Å². The fraction of sp³-hybridized carbons (Fsp3) is 0.444. The number of rotatable bonds is 6. The molecule has 1 aliphatic rings. The number of hydrogen-bond donors (Lipinski definition) is 1. The maximum Gasteiger partial charge on any atom is 0.233 e. The molecule has 1 unspecified atom stereocenters. The number of aryl methyl sites for hydroxylation is 1. The molecule has 33 heavy (non-hydrogen) atoms. The first-order chi connectivity index (χ1) is 15.7. The summed E-state index contributed by atoms with van der Waals surface area (Å²) in [5.41, 5.74) is 4.54. The fourth-order valence-corrected chi connectivity index (χ4v) is 5.15. The van der Waals surface area contributed by atoms with Crippen LogP contribution in [0.25, 0.3) is 17.1 Å². The zero-order valence-corrected chi connectivity index (χ0v) is 21.1. The summed E-state index contributed by atoms with van der Waals surface area (Å²) < 4.78 is 2.09. The molecule has 6 heteroatoms. The molecule has 5 nitrogen and oxygen atoms in total. The van der Waals surface area contributed by atoms with Crippen LogP contribution >= 0.6 is 11.8 Å². The molecule has 1 atom stereocenters. The third-order valence-electron chi connectivity index (χ3n) is 6.35. The van der Waals surface area contributed by atoms with Gasteiger partial charge in [-0.2, -0.15) is 0 Å². The van der Waals surface area contributed by atoms with Crippen LogP contribution in [-0.4, -0.2) is 32.0 Å². The lowest BCUT2D eigenvalue weighted by atomic mass is 9.87. The van der Waals surface area contributed by atoms with E-state index in [1.807, 2.05) is 19.1 Å². The number of thioether (sulfide) groups is 1. The number of nitrogens with one attached hydrogen (secondary N) is 1. The number of benzene rings is 2. The predicted molar refractivity (Wildman–Crippen MR) is 136 cm³/mol. The molecule has 1 aromatic heterocycles. The van der Waals surface area contributed by atoms with Crippen molar-refractivity contribution in [2.45, 2.75) is 82.2 Å². The van der Waals surface area contributed by atoms with Crippen molar-refractivity contribution < 1.29 is 4.79 Å². The minimum absolute atomic E-state index is 0.0716. The fourth-order valence-electron chi connectivity index (χ4n) is 4.28. The molecule has 3 aromatic rings. The highest BCUT2D eigenvalue weighted by atomic mass is 32.2. The van der Waals surface area contributed by atoms with E-state index in [-0.39, 0.29) is 16.6 Å². The number of hydrogen-bond acceptors (Lipinski definition) is 4. The van der Waals surface area contributed by atoms with Gasteiger partial charge in [-0.1, -0.05) is 87.8 Å². The van der Waals surface area contributed by atoms with Gasteiger partial charge in [0.25, 0.3) is 0 Å². The summed E-state index contributed by atoms with van der Waals surface area (Å²) >= 11 is 1.47. The molecule has 1 saturated carbocycles. The molecule has 0 bridgehead atoms. The van der Waals surface area contributed by atoms with Crippen LogP contribution in [-0.2, 0) is 10.2 Å². The summed E-state index contributed by atoms with van der Waals surface area (Å²) in [6, 6.07) is 17.1. The van der Waals surface area contributed by atoms with Gasteiger partial charge in [0.05, 0.1) is 10.9 Å². The van der Waals surface area contributed by atoms with Crippen LogP contribution in [0.4, 0.5) is 0 Å². The summed E-state index contributed by atoms with van der Waals surface area (Å²) in [5.74, 6) is 0.859. The Bertz CT molecular complexity index is 1110. The lowest BCUT2D eigenvalue weighted by Gasteiger charge is -2.19. The number of amides is 1. The van der Waals surface area contributed by atoms with Gasteiger partial charge in [-0.15, -0.1) is 10.2 Å². The Labute approximate surface area is 201 Å². The highest BCUT2D eigenvalue weighted by molar-refractivity contribution is 8.00. The molecule has 0 radical (unpaired) electrons. The molecule has 0 saturated heterocycles. The topological polar surface area (TPSA) is 59.8 Å². The SMILES string of the molecule is Cc1ccccc1-n1c(SC(C)C(=O)NC2CCCC2)nnc1-c1ccc(C(C)(C)C)cc1. The second kappa shape index (κ2) is 9.72. The monoisotopic (exact) mass is 462 g/mol. The second-order valence-electron chi connectivity index (χ2n) is 10.0. The van der Waals surface area contributed by atoms with Crippen molar-refractivity contribution in [2.75, 3.05) is 0 Å². The van der Waals surface area contributed by atoms with Gasteiger partial charge in [-0.05, 0) is 49.3 Å². The minimum atomic E-state index is -0.256. The molecular weight excluding hydrogens is 428 g/mol. The number of carbonyl (C=O) groups is 1. The molecular formula is C27H34N4OS. The van der Waals surface area contributed by atoms with Gasteiger partial charge in [0.2, 0.25) is 5.91 Å². The number of para-hydroxylation sites is 1. The average Bonchev–Trinajstić information content (AvgIpc) is 3.43. The summed E-state index contributed by atoms with van der Waals surface area (Å²) in [4.78, 5) is 12.8. The van der Waals surface area contributed by atoms with Crippen molar-refractivity contribution >= 4 is 17.7 Å². The van der Waals surface area contributed by atoms with Crippen LogP contribution in [0.2, 0.25) is 0 Å². The normalized spacial score (nSPS) is 15.5. The summed E-state index contributed by atoms with van der Waals surface area (Å²) in [7, 11) is 0. The lowest BCUT2D eigenvalue weighted by Crippen LogP contribution is -2.37. The Morgan fingerprint density at radius 1 is 1.06 bits per heavy atom.